The van der Waals surface area contributed by atoms with E-state index in [-0.39, 0.29) is 24.5 Å². The smallest absolute Gasteiger partial charge is 0.216 e. The maximum atomic E-state index is 12.1. The summed E-state index contributed by atoms with van der Waals surface area (Å²) in [5, 5.41) is 0. The predicted octanol–water partition coefficient (Wildman–Crippen LogP) is 0.767. The van der Waals surface area contributed by atoms with Gasteiger partial charge in [-0.05, 0) is 33.4 Å². The van der Waals surface area contributed by atoms with E-state index >= 15 is 0 Å². The maximum absolute atomic E-state index is 12.1. The lowest BCUT2D eigenvalue weighted by atomic mass is 10.3. The summed E-state index contributed by atoms with van der Waals surface area (Å²) in [5.74, 6) is 0.0737. The van der Waals surface area contributed by atoms with Crippen molar-refractivity contribution in [3.8, 4) is 0 Å². The number of rotatable bonds is 7. The highest BCUT2D eigenvalue weighted by molar-refractivity contribution is 7.89. The second kappa shape index (κ2) is 6.84. The van der Waals surface area contributed by atoms with Crippen molar-refractivity contribution in [1.29, 1.82) is 0 Å². The largest absolute Gasteiger partial charge is 0.378 e. The fourth-order valence-electron chi connectivity index (χ4n) is 2.16. The van der Waals surface area contributed by atoms with Crippen LogP contribution in [0, 0.1) is 0 Å². The highest BCUT2D eigenvalue weighted by Crippen LogP contribution is 2.17. The summed E-state index contributed by atoms with van der Waals surface area (Å²) in [4.78, 5) is 2.28. The van der Waals surface area contributed by atoms with Crippen LogP contribution in [-0.4, -0.2) is 68.8 Å². The Balaban J connectivity index is 2.46. The molecular weight excluding hydrogens is 252 g/mol. The first-order valence-electron chi connectivity index (χ1n) is 6.66. The van der Waals surface area contributed by atoms with Gasteiger partial charge < -0.3 is 9.64 Å². The Morgan fingerprint density at radius 2 is 2.11 bits per heavy atom. The summed E-state index contributed by atoms with van der Waals surface area (Å²) in [5.41, 5.74) is 0. The van der Waals surface area contributed by atoms with E-state index in [1.54, 1.807) is 7.05 Å². The SMILES string of the molecule is CCN1CC[C@H](N(C)S(=O)(=O)CCOC(C)C)C1. The van der Waals surface area contributed by atoms with E-state index in [9.17, 15) is 8.42 Å². The van der Waals surface area contributed by atoms with E-state index in [0.717, 1.165) is 26.1 Å². The van der Waals surface area contributed by atoms with Crippen molar-refractivity contribution >= 4 is 10.0 Å². The molecule has 6 heteroatoms. The van der Waals surface area contributed by atoms with Crippen LogP contribution >= 0.6 is 0 Å². The van der Waals surface area contributed by atoms with Gasteiger partial charge in [-0.15, -0.1) is 0 Å². The van der Waals surface area contributed by atoms with Crippen molar-refractivity contribution in [3.63, 3.8) is 0 Å². The fourth-order valence-corrected chi connectivity index (χ4v) is 3.38. The average molecular weight is 278 g/mol. The molecular formula is C12H26N2O3S. The van der Waals surface area contributed by atoms with E-state index in [1.807, 2.05) is 13.8 Å². The molecule has 1 aliphatic rings. The molecule has 1 aliphatic heterocycles. The topological polar surface area (TPSA) is 49.9 Å². The monoisotopic (exact) mass is 278 g/mol. The van der Waals surface area contributed by atoms with Crippen LogP contribution in [0.5, 0.6) is 0 Å². The number of sulfonamides is 1. The molecule has 0 unspecified atom stereocenters. The fraction of sp³-hybridized carbons (Fsp3) is 1.00. The molecule has 108 valence electrons. The van der Waals surface area contributed by atoms with Gasteiger partial charge in [0.2, 0.25) is 10.0 Å². The van der Waals surface area contributed by atoms with Crippen LogP contribution in [0.4, 0.5) is 0 Å². The van der Waals surface area contributed by atoms with E-state index in [4.69, 9.17) is 4.74 Å². The highest BCUT2D eigenvalue weighted by atomic mass is 32.2. The molecule has 0 aromatic rings. The van der Waals surface area contributed by atoms with E-state index in [2.05, 4.69) is 11.8 Å². The normalized spacial score (nSPS) is 22.2. The molecule has 1 rings (SSSR count). The zero-order valence-electron chi connectivity index (χ0n) is 11.9. The van der Waals surface area contributed by atoms with Gasteiger partial charge in [0.05, 0.1) is 18.5 Å². The third-order valence-electron chi connectivity index (χ3n) is 3.44. The molecule has 0 saturated carbocycles. The molecule has 5 nitrogen and oxygen atoms in total. The lowest BCUT2D eigenvalue weighted by molar-refractivity contribution is 0.0906. The van der Waals surface area contributed by atoms with Crippen molar-refractivity contribution in [2.24, 2.45) is 0 Å². The minimum Gasteiger partial charge on any atom is -0.378 e. The second-order valence-electron chi connectivity index (χ2n) is 5.09. The zero-order chi connectivity index (χ0) is 13.8. The van der Waals surface area contributed by atoms with Crippen LogP contribution in [0.3, 0.4) is 0 Å². The number of nitrogens with zero attached hydrogens (tertiary/aromatic N) is 2. The van der Waals surface area contributed by atoms with Gasteiger partial charge in [-0.3, -0.25) is 0 Å². The van der Waals surface area contributed by atoms with Crippen LogP contribution in [0.15, 0.2) is 0 Å². The summed E-state index contributed by atoms with van der Waals surface area (Å²) >= 11 is 0. The van der Waals surface area contributed by atoms with Crippen LogP contribution < -0.4 is 0 Å². The van der Waals surface area contributed by atoms with Crippen LogP contribution in [-0.2, 0) is 14.8 Å². The summed E-state index contributed by atoms with van der Waals surface area (Å²) in [7, 11) is -1.50. The van der Waals surface area contributed by atoms with E-state index in [1.165, 1.54) is 4.31 Å². The molecule has 0 radical (unpaired) electrons. The molecule has 1 atom stereocenters. The van der Waals surface area contributed by atoms with Gasteiger partial charge in [-0.25, -0.2) is 12.7 Å². The standard InChI is InChI=1S/C12H26N2O3S/c1-5-14-7-6-12(10-14)13(4)18(15,16)9-8-17-11(2)3/h11-12H,5-10H2,1-4H3/t12-/m0/s1. The Bertz CT molecular complexity index is 343. The molecule has 0 amide bonds. The summed E-state index contributed by atoms with van der Waals surface area (Å²) in [6, 6.07) is 0.119. The maximum Gasteiger partial charge on any atom is 0.216 e. The Labute approximate surface area is 111 Å². The van der Waals surface area contributed by atoms with Crippen LogP contribution in [0.2, 0.25) is 0 Å². The minimum absolute atomic E-state index is 0.0737. The van der Waals surface area contributed by atoms with Crippen LogP contribution in [0.25, 0.3) is 0 Å². The Morgan fingerprint density at radius 1 is 1.44 bits per heavy atom. The van der Waals surface area contributed by atoms with Gasteiger partial charge in [0.1, 0.15) is 0 Å². The number of likely N-dealkylation sites (N-methyl/N-ethyl adjacent to an activating group) is 2. The molecule has 0 bridgehead atoms. The first-order chi connectivity index (χ1) is 8.36. The van der Waals surface area contributed by atoms with Gasteiger partial charge in [-0.1, -0.05) is 6.92 Å². The molecule has 1 fully saturated rings. The predicted molar refractivity (Wildman–Crippen MR) is 73.2 cm³/mol. The van der Waals surface area contributed by atoms with Gasteiger partial charge in [0.15, 0.2) is 0 Å². The van der Waals surface area contributed by atoms with Crippen molar-refractivity contribution < 1.29 is 13.2 Å². The molecule has 0 aromatic heterocycles. The first-order valence-corrected chi connectivity index (χ1v) is 8.27. The van der Waals surface area contributed by atoms with Gasteiger partial charge in [-0.2, -0.15) is 0 Å². The van der Waals surface area contributed by atoms with Gasteiger partial charge in [0, 0.05) is 19.6 Å². The van der Waals surface area contributed by atoms with Crippen molar-refractivity contribution in [1.82, 2.24) is 9.21 Å². The average Bonchev–Trinajstić information content (AvgIpc) is 2.75. The number of hydrogen-bond acceptors (Lipinski definition) is 4. The van der Waals surface area contributed by atoms with Crippen molar-refractivity contribution in [2.45, 2.75) is 39.3 Å². The molecule has 0 aliphatic carbocycles. The number of likely N-dealkylation sites (tertiary alicyclic amines) is 1. The number of ether oxygens (including phenoxy) is 1. The molecule has 1 heterocycles. The molecule has 0 N–H and O–H groups in total. The van der Waals surface area contributed by atoms with Crippen molar-refractivity contribution in [3.05, 3.63) is 0 Å². The Morgan fingerprint density at radius 3 is 2.61 bits per heavy atom. The van der Waals surface area contributed by atoms with Crippen LogP contribution in [0.1, 0.15) is 27.2 Å². The van der Waals surface area contributed by atoms with Crippen molar-refractivity contribution in [2.75, 3.05) is 39.0 Å². The number of hydrogen-bond donors (Lipinski definition) is 0. The third kappa shape index (κ3) is 4.50. The molecule has 0 aromatic carbocycles. The molecule has 18 heavy (non-hydrogen) atoms. The minimum atomic E-state index is -3.19. The highest BCUT2D eigenvalue weighted by Gasteiger charge is 2.31. The second-order valence-corrected chi connectivity index (χ2v) is 7.24. The summed E-state index contributed by atoms with van der Waals surface area (Å²) < 4.78 is 31.1. The first kappa shape index (κ1) is 15.9. The summed E-state index contributed by atoms with van der Waals surface area (Å²) in [6.07, 6.45) is 1.00. The Kier molecular flexibility index (Phi) is 6.04. The molecule has 0 spiro atoms. The lowest BCUT2D eigenvalue weighted by Crippen LogP contribution is -2.41. The van der Waals surface area contributed by atoms with Gasteiger partial charge in [0.25, 0.3) is 0 Å². The Hall–Kier alpha value is -0.170. The third-order valence-corrected chi connectivity index (χ3v) is 5.30. The summed E-state index contributed by atoms with van der Waals surface area (Å²) in [6.45, 7) is 9.02. The van der Waals surface area contributed by atoms with Gasteiger partial charge >= 0.3 is 0 Å². The molecule has 1 saturated heterocycles. The quantitative estimate of drug-likeness (QED) is 0.690. The zero-order valence-corrected chi connectivity index (χ0v) is 12.7. The van der Waals surface area contributed by atoms with E-state index < -0.39 is 10.0 Å². The lowest BCUT2D eigenvalue weighted by Gasteiger charge is -2.24. The van der Waals surface area contributed by atoms with E-state index in [0.29, 0.717) is 0 Å².